The van der Waals surface area contributed by atoms with Crippen LogP contribution in [0.3, 0.4) is 0 Å². The van der Waals surface area contributed by atoms with E-state index >= 15 is 0 Å². The van der Waals surface area contributed by atoms with Gasteiger partial charge in [-0.1, -0.05) is 42.9 Å². The first-order chi connectivity index (χ1) is 11.8. The summed E-state index contributed by atoms with van der Waals surface area (Å²) in [4.78, 5) is 1.87. The Kier molecular flexibility index (Phi) is 12.1. The molecule has 0 fully saturated rings. The van der Waals surface area contributed by atoms with Crippen molar-refractivity contribution >= 4 is 0 Å². The number of hydrogen-bond acceptors (Lipinski definition) is 3. The van der Waals surface area contributed by atoms with Crippen LogP contribution in [0.15, 0.2) is 48.7 Å². The summed E-state index contributed by atoms with van der Waals surface area (Å²) in [5, 5.41) is 10.3. The average Bonchev–Trinajstić information content (AvgIpc) is 2.56. The van der Waals surface area contributed by atoms with Crippen LogP contribution in [0.5, 0.6) is 0 Å². The summed E-state index contributed by atoms with van der Waals surface area (Å²) < 4.78 is 31.7. The SMILES string of the molecule is C=CCN(/C=C\C/C=C(\C)COC)CCC(O)(CC(=C)CC)C(F)F. The van der Waals surface area contributed by atoms with Gasteiger partial charge < -0.3 is 14.7 Å². The lowest BCUT2D eigenvalue weighted by Crippen LogP contribution is -2.40. The van der Waals surface area contributed by atoms with Gasteiger partial charge in [0.15, 0.2) is 0 Å². The molecule has 144 valence electrons. The van der Waals surface area contributed by atoms with E-state index in [4.69, 9.17) is 4.74 Å². The van der Waals surface area contributed by atoms with E-state index < -0.39 is 12.0 Å². The van der Waals surface area contributed by atoms with Gasteiger partial charge in [-0.3, -0.25) is 0 Å². The monoisotopic (exact) mass is 357 g/mol. The number of ether oxygens (including phenoxy) is 1. The van der Waals surface area contributed by atoms with Gasteiger partial charge in [0.25, 0.3) is 6.43 Å². The molecule has 0 aromatic rings. The minimum absolute atomic E-state index is 0.0274. The predicted octanol–water partition coefficient (Wildman–Crippen LogP) is 4.71. The first-order valence-electron chi connectivity index (χ1n) is 8.62. The zero-order chi connectivity index (χ0) is 19.3. The van der Waals surface area contributed by atoms with E-state index in [2.05, 4.69) is 13.2 Å². The fraction of sp³-hybridized carbons (Fsp3) is 0.600. The Morgan fingerprint density at radius 3 is 2.60 bits per heavy atom. The summed E-state index contributed by atoms with van der Waals surface area (Å²) >= 11 is 0. The molecule has 1 atom stereocenters. The summed E-state index contributed by atoms with van der Waals surface area (Å²) in [7, 11) is 1.65. The second-order valence-corrected chi connectivity index (χ2v) is 6.32. The molecule has 0 heterocycles. The van der Waals surface area contributed by atoms with Crippen LogP contribution in [0.4, 0.5) is 8.78 Å². The van der Waals surface area contributed by atoms with E-state index in [1.807, 2.05) is 37.1 Å². The highest BCUT2D eigenvalue weighted by Crippen LogP contribution is 2.28. The van der Waals surface area contributed by atoms with Crippen LogP contribution < -0.4 is 0 Å². The Morgan fingerprint density at radius 1 is 1.40 bits per heavy atom. The highest BCUT2D eigenvalue weighted by molar-refractivity contribution is 5.04. The van der Waals surface area contributed by atoms with Crippen LogP contribution in [0.1, 0.15) is 39.5 Å². The Bertz CT molecular complexity index is 461. The Labute approximate surface area is 151 Å². The summed E-state index contributed by atoms with van der Waals surface area (Å²) in [6.45, 7) is 12.7. The van der Waals surface area contributed by atoms with E-state index in [0.717, 1.165) is 12.0 Å². The number of alkyl halides is 2. The maximum atomic E-state index is 13.3. The summed E-state index contributed by atoms with van der Waals surface area (Å²) in [6, 6.07) is 0. The maximum Gasteiger partial charge on any atom is 0.267 e. The summed E-state index contributed by atoms with van der Waals surface area (Å²) in [5.41, 5.74) is -0.269. The number of allylic oxidation sites excluding steroid dienone is 2. The number of nitrogens with zero attached hydrogens (tertiary/aromatic N) is 1. The van der Waals surface area contributed by atoms with Crippen LogP contribution in [0, 0.1) is 0 Å². The molecular weight excluding hydrogens is 324 g/mol. The van der Waals surface area contributed by atoms with Crippen LogP contribution in [-0.4, -0.2) is 48.8 Å². The fourth-order valence-corrected chi connectivity index (χ4v) is 2.33. The molecule has 5 heteroatoms. The molecule has 0 saturated carbocycles. The lowest BCUT2D eigenvalue weighted by atomic mass is 9.91. The molecule has 0 aromatic carbocycles. The van der Waals surface area contributed by atoms with Gasteiger partial charge in [0.2, 0.25) is 0 Å². The Balaban J connectivity index is 4.74. The molecule has 0 aliphatic rings. The Morgan fingerprint density at radius 2 is 2.08 bits per heavy atom. The molecule has 0 aliphatic carbocycles. The summed E-state index contributed by atoms with van der Waals surface area (Å²) in [6.07, 6.45) is 5.98. The van der Waals surface area contributed by atoms with Crippen molar-refractivity contribution in [2.45, 2.75) is 51.6 Å². The van der Waals surface area contributed by atoms with Gasteiger partial charge >= 0.3 is 0 Å². The maximum absolute atomic E-state index is 13.3. The fourth-order valence-electron chi connectivity index (χ4n) is 2.33. The van der Waals surface area contributed by atoms with Gasteiger partial charge in [-0.15, -0.1) is 6.58 Å². The van der Waals surface area contributed by atoms with Gasteiger partial charge in [0, 0.05) is 26.6 Å². The largest absolute Gasteiger partial charge is 0.384 e. The van der Waals surface area contributed by atoms with Gasteiger partial charge in [-0.05, 0) is 32.4 Å². The second kappa shape index (κ2) is 12.8. The third kappa shape index (κ3) is 10.2. The predicted molar refractivity (Wildman–Crippen MR) is 101 cm³/mol. The smallest absolute Gasteiger partial charge is 0.267 e. The number of halogens is 2. The lowest BCUT2D eigenvalue weighted by Gasteiger charge is -2.30. The minimum Gasteiger partial charge on any atom is -0.384 e. The number of aliphatic hydroxyl groups is 1. The summed E-state index contributed by atoms with van der Waals surface area (Å²) in [5.74, 6) is 0. The van der Waals surface area contributed by atoms with Crippen molar-refractivity contribution in [2.24, 2.45) is 0 Å². The number of rotatable bonds is 14. The van der Waals surface area contributed by atoms with Crippen molar-refractivity contribution in [3.05, 3.63) is 48.7 Å². The highest BCUT2D eigenvalue weighted by Gasteiger charge is 2.37. The van der Waals surface area contributed by atoms with Crippen molar-refractivity contribution in [3.63, 3.8) is 0 Å². The third-order valence-corrected chi connectivity index (χ3v) is 3.95. The quantitative estimate of drug-likeness (QED) is 0.457. The van der Waals surface area contributed by atoms with Crippen LogP contribution >= 0.6 is 0 Å². The molecule has 1 unspecified atom stereocenters. The van der Waals surface area contributed by atoms with E-state index in [0.29, 0.717) is 31.7 Å². The lowest BCUT2D eigenvalue weighted by molar-refractivity contribution is -0.102. The highest BCUT2D eigenvalue weighted by atomic mass is 19.3. The van der Waals surface area contributed by atoms with E-state index in [9.17, 15) is 13.9 Å². The molecule has 0 aromatic heterocycles. The zero-order valence-corrected chi connectivity index (χ0v) is 15.8. The molecule has 1 N–H and O–H groups in total. The third-order valence-electron chi connectivity index (χ3n) is 3.95. The molecule has 25 heavy (non-hydrogen) atoms. The molecule has 0 bridgehead atoms. The van der Waals surface area contributed by atoms with Crippen molar-refractivity contribution in [3.8, 4) is 0 Å². The first-order valence-corrected chi connectivity index (χ1v) is 8.62. The van der Waals surface area contributed by atoms with Gasteiger partial charge in [0.05, 0.1) is 6.61 Å². The topological polar surface area (TPSA) is 32.7 Å². The van der Waals surface area contributed by atoms with Crippen molar-refractivity contribution in [2.75, 3.05) is 26.8 Å². The van der Waals surface area contributed by atoms with E-state index in [-0.39, 0.29) is 12.8 Å². The van der Waals surface area contributed by atoms with Crippen molar-refractivity contribution < 1.29 is 18.6 Å². The van der Waals surface area contributed by atoms with Crippen molar-refractivity contribution in [1.82, 2.24) is 4.90 Å². The van der Waals surface area contributed by atoms with Gasteiger partial charge in [0.1, 0.15) is 5.60 Å². The molecule has 0 spiro atoms. The minimum atomic E-state index is -2.80. The van der Waals surface area contributed by atoms with E-state index in [1.54, 1.807) is 13.2 Å². The Hall–Kier alpha value is -1.46. The second-order valence-electron chi connectivity index (χ2n) is 6.32. The number of methoxy groups -OCH3 is 1. The zero-order valence-electron chi connectivity index (χ0n) is 15.8. The standard InChI is InChI=1S/C20H33F2NO2/c1-6-12-23(13-9-8-10-18(4)16-25-5)14-11-20(24,19(21)22)15-17(3)7-2/h6,9-10,13,19,24H,1,3,7-8,11-12,14-16H2,2,4-5H3/b13-9-,18-10+. The normalized spacial score (nSPS) is 14.8. The van der Waals surface area contributed by atoms with Crippen LogP contribution in [-0.2, 0) is 4.74 Å². The molecule has 0 rings (SSSR count). The van der Waals surface area contributed by atoms with Gasteiger partial charge in [-0.25, -0.2) is 8.78 Å². The van der Waals surface area contributed by atoms with Gasteiger partial charge in [-0.2, -0.15) is 0 Å². The molecule has 0 amide bonds. The average molecular weight is 357 g/mol. The molecule has 0 radical (unpaired) electrons. The van der Waals surface area contributed by atoms with E-state index in [1.165, 1.54) is 0 Å². The van der Waals surface area contributed by atoms with Crippen LogP contribution in [0.2, 0.25) is 0 Å². The molecule has 3 nitrogen and oxygen atoms in total. The molecule has 0 aliphatic heterocycles. The number of hydrogen-bond donors (Lipinski definition) is 1. The van der Waals surface area contributed by atoms with Crippen molar-refractivity contribution in [1.29, 1.82) is 0 Å². The molecular formula is C20H33F2NO2. The molecule has 0 saturated heterocycles. The first kappa shape index (κ1) is 23.5. The van der Waals surface area contributed by atoms with Crippen LogP contribution in [0.25, 0.3) is 0 Å².